The van der Waals surface area contributed by atoms with Gasteiger partial charge in [0.25, 0.3) is 0 Å². The lowest BCUT2D eigenvalue weighted by Gasteiger charge is -2.14. The van der Waals surface area contributed by atoms with E-state index in [0.29, 0.717) is 28.3 Å². The van der Waals surface area contributed by atoms with Gasteiger partial charge in [-0.05, 0) is 36.4 Å². The number of carbonyl (C=O) groups is 2. The van der Waals surface area contributed by atoms with Crippen molar-refractivity contribution >= 4 is 17.7 Å². The van der Waals surface area contributed by atoms with Crippen molar-refractivity contribution in [3.05, 3.63) is 42.3 Å². The molecule has 1 aromatic carbocycles. The van der Waals surface area contributed by atoms with Gasteiger partial charge in [0.2, 0.25) is 5.82 Å². The highest BCUT2D eigenvalue weighted by Crippen LogP contribution is 2.29. The molecule has 0 spiro atoms. The lowest BCUT2D eigenvalue weighted by molar-refractivity contribution is -0.403. The molecule has 1 aliphatic rings. The van der Waals surface area contributed by atoms with E-state index in [9.17, 15) is 14.0 Å². The molecular formula is C20H21FN7O4+. The summed E-state index contributed by atoms with van der Waals surface area (Å²) in [5, 5.41) is 11.7. The van der Waals surface area contributed by atoms with Gasteiger partial charge in [0, 0.05) is 17.3 Å². The molecule has 32 heavy (non-hydrogen) atoms. The van der Waals surface area contributed by atoms with E-state index < -0.39 is 30.0 Å². The Kier molecular flexibility index (Phi) is 5.77. The molecule has 0 unspecified atom stereocenters. The van der Waals surface area contributed by atoms with Crippen LogP contribution in [0.15, 0.2) is 36.5 Å². The fraction of sp³-hybridized carbons (Fsp3) is 0.300. The van der Waals surface area contributed by atoms with E-state index >= 15 is 0 Å². The maximum Gasteiger partial charge on any atom is 0.414 e. The zero-order valence-electron chi connectivity index (χ0n) is 17.4. The Hall–Kier alpha value is -3.93. The van der Waals surface area contributed by atoms with Gasteiger partial charge in [0.15, 0.2) is 12.1 Å². The monoisotopic (exact) mass is 442 g/mol. The number of benzene rings is 1. The smallest absolute Gasteiger partial charge is 0.414 e. The number of aromatic nitrogens is 5. The largest absolute Gasteiger partial charge is 0.457 e. The molecule has 2 aromatic heterocycles. The number of ether oxygens (including phenoxy) is 2. The molecule has 1 aliphatic heterocycles. The number of anilines is 1. The van der Waals surface area contributed by atoms with Crippen molar-refractivity contribution in [3.8, 4) is 22.6 Å². The van der Waals surface area contributed by atoms with E-state index in [0.717, 1.165) is 0 Å². The molecule has 166 valence electrons. The molecule has 2 atom stereocenters. The SMILES string of the molecule is C[C@H]([NH3+])C(=O)OC[C@H]1CN(c2ccc(-c3ccc(-c4nnn(C)n4)nc3)c(F)c2)C(=O)O1. The van der Waals surface area contributed by atoms with E-state index in [1.165, 1.54) is 22.0 Å². The standard InChI is InChI=1S/C20H20FN7O4/c1-11(22)19(29)31-10-14-9-28(20(30)32-14)13-4-5-15(16(21)7-13)12-3-6-17(23-8-12)18-24-26-27(2)25-18/h3-8,11,14H,9-10,22H2,1-2H3/p+1/t11-,14+/m0/s1. The van der Waals surface area contributed by atoms with Gasteiger partial charge in [-0.1, -0.05) is 6.07 Å². The van der Waals surface area contributed by atoms with E-state index in [1.807, 2.05) is 0 Å². The predicted octanol–water partition coefficient (Wildman–Crippen LogP) is 0.577. The third-order valence-corrected chi connectivity index (χ3v) is 4.76. The van der Waals surface area contributed by atoms with Gasteiger partial charge in [-0.3, -0.25) is 9.88 Å². The van der Waals surface area contributed by atoms with Crippen molar-refractivity contribution < 1.29 is 29.2 Å². The molecule has 3 aromatic rings. The molecular weight excluding hydrogens is 421 g/mol. The number of pyridine rings is 1. The number of esters is 1. The zero-order valence-corrected chi connectivity index (χ0v) is 17.4. The topological polar surface area (TPSA) is 140 Å². The van der Waals surface area contributed by atoms with Gasteiger partial charge in [0.05, 0.1) is 19.3 Å². The number of aryl methyl sites for hydroxylation is 1. The first-order valence-electron chi connectivity index (χ1n) is 9.80. The normalized spacial score (nSPS) is 16.7. The first kappa shape index (κ1) is 21.3. The number of nitrogens with zero attached hydrogens (tertiary/aromatic N) is 6. The van der Waals surface area contributed by atoms with Crippen molar-refractivity contribution in [2.45, 2.75) is 19.1 Å². The van der Waals surface area contributed by atoms with Crippen molar-refractivity contribution in [2.75, 3.05) is 18.1 Å². The number of tetrazole rings is 1. The van der Waals surface area contributed by atoms with E-state index in [4.69, 9.17) is 9.47 Å². The van der Waals surface area contributed by atoms with Crippen LogP contribution >= 0.6 is 0 Å². The van der Waals surface area contributed by atoms with Crippen LogP contribution in [0, 0.1) is 5.82 Å². The minimum atomic E-state index is -0.639. The first-order chi connectivity index (χ1) is 15.3. The van der Waals surface area contributed by atoms with Gasteiger partial charge < -0.3 is 15.2 Å². The maximum atomic E-state index is 14.9. The number of halogens is 1. The fourth-order valence-electron chi connectivity index (χ4n) is 3.11. The zero-order chi connectivity index (χ0) is 22.8. The molecule has 3 heterocycles. The Morgan fingerprint density at radius 3 is 2.81 bits per heavy atom. The highest BCUT2D eigenvalue weighted by Gasteiger charge is 2.34. The van der Waals surface area contributed by atoms with Crippen LogP contribution in [-0.2, 0) is 21.3 Å². The number of quaternary nitrogens is 1. The highest BCUT2D eigenvalue weighted by atomic mass is 19.1. The van der Waals surface area contributed by atoms with Crippen LogP contribution in [0.25, 0.3) is 22.6 Å². The molecule has 11 nitrogen and oxygen atoms in total. The maximum absolute atomic E-state index is 14.9. The van der Waals surface area contributed by atoms with Crippen LogP contribution in [0.1, 0.15) is 6.92 Å². The molecule has 12 heteroatoms. The van der Waals surface area contributed by atoms with Gasteiger partial charge in [-0.15, -0.1) is 10.2 Å². The Balaban J connectivity index is 1.46. The summed E-state index contributed by atoms with van der Waals surface area (Å²) in [6, 6.07) is 7.29. The number of hydrogen-bond donors (Lipinski definition) is 1. The lowest BCUT2D eigenvalue weighted by Crippen LogP contribution is -2.63. The molecule has 4 rings (SSSR count). The van der Waals surface area contributed by atoms with E-state index in [1.54, 1.807) is 38.2 Å². The third kappa shape index (κ3) is 4.39. The van der Waals surface area contributed by atoms with E-state index in [-0.39, 0.29) is 13.2 Å². The predicted molar refractivity (Wildman–Crippen MR) is 108 cm³/mol. The van der Waals surface area contributed by atoms with Crippen molar-refractivity contribution in [2.24, 2.45) is 7.05 Å². The Morgan fingerprint density at radius 1 is 1.38 bits per heavy atom. The molecule has 0 radical (unpaired) electrons. The van der Waals surface area contributed by atoms with Crippen molar-refractivity contribution in [1.82, 2.24) is 25.2 Å². The third-order valence-electron chi connectivity index (χ3n) is 4.76. The van der Waals surface area contributed by atoms with Crippen molar-refractivity contribution in [1.29, 1.82) is 0 Å². The second-order valence-corrected chi connectivity index (χ2v) is 7.35. The van der Waals surface area contributed by atoms with E-state index in [2.05, 4.69) is 26.1 Å². The number of rotatable bonds is 6. The van der Waals surface area contributed by atoms with Crippen LogP contribution in [-0.4, -0.2) is 62.6 Å². The fourth-order valence-corrected chi connectivity index (χ4v) is 3.11. The summed E-state index contributed by atoms with van der Waals surface area (Å²) in [5.74, 6) is -0.639. The number of carbonyl (C=O) groups excluding carboxylic acids is 2. The molecule has 1 fully saturated rings. The van der Waals surface area contributed by atoms with Gasteiger partial charge in [-0.25, -0.2) is 14.0 Å². The second kappa shape index (κ2) is 8.67. The Bertz CT molecular complexity index is 1150. The molecule has 0 saturated carbocycles. The minimum absolute atomic E-state index is 0.0832. The molecule has 1 saturated heterocycles. The summed E-state index contributed by atoms with van der Waals surface area (Å²) in [6.07, 6.45) is 0.240. The Morgan fingerprint density at radius 2 is 2.19 bits per heavy atom. The summed E-state index contributed by atoms with van der Waals surface area (Å²) in [6.45, 7) is 1.66. The molecule has 0 bridgehead atoms. The Labute approximate surface area is 181 Å². The first-order valence-corrected chi connectivity index (χ1v) is 9.80. The van der Waals surface area contributed by atoms with Crippen LogP contribution in [0.5, 0.6) is 0 Å². The molecule has 1 amide bonds. The number of cyclic esters (lactones) is 1. The number of amides is 1. The lowest BCUT2D eigenvalue weighted by atomic mass is 10.1. The minimum Gasteiger partial charge on any atom is -0.457 e. The quantitative estimate of drug-likeness (QED) is 0.547. The molecule has 0 aliphatic carbocycles. The van der Waals surface area contributed by atoms with Crippen LogP contribution in [0.2, 0.25) is 0 Å². The van der Waals surface area contributed by atoms with Gasteiger partial charge in [-0.2, -0.15) is 4.80 Å². The van der Waals surface area contributed by atoms with Gasteiger partial charge >= 0.3 is 12.1 Å². The van der Waals surface area contributed by atoms with Crippen LogP contribution < -0.4 is 10.6 Å². The summed E-state index contributed by atoms with van der Waals surface area (Å²) < 4.78 is 25.1. The highest BCUT2D eigenvalue weighted by molar-refractivity contribution is 5.90. The second-order valence-electron chi connectivity index (χ2n) is 7.35. The molecule has 3 N–H and O–H groups in total. The van der Waals surface area contributed by atoms with Gasteiger partial charge in [0.1, 0.15) is 18.1 Å². The van der Waals surface area contributed by atoms with Crippen molar-refractivity contribution in [3.63, 3.8) is 0 Å². The summed E-state index contributed by atoms with van der Waals surface area (Å²) in [7, 11) is 1.65. The number of hydrogen-bond acceptors (Lipinski definition) is 8. The van der Waals surface area contributed by atoms with Crippen LogP contribution in [0.4, 0.5) is 14.9 Å². The van der Waals surface area contributed by atoms with Crippen LogP contribution in [0.3, 0.4) is 0 Å². The average Bonchev–Trinajstić information content (AvgIpc) is 3.37. The summed E-state index contributed by atoms with van der Waals surface area (Å²) in [5.41, 5.74) is 5.30. The average molecular weight is 442 g/mol. The summed E-state index contributed by atoms with van der Waals surface area (Å²) >= 11 is 0. The summed E-state index contributed by atoms with van der Waals surface area (Å²) in [4.78, 5) is 30.6.